The summed E-state index contributed by atoms with van der Waals surface area (Å²) in [6, 6.07) is 28.2. The molecule has 3 N–H and O–H groups in total. The van der Waals surface area contributed by atoms with Gasteiger partial charge < -0.3 is 15.4 Å². The van der Waals surface area contributed by atoms with Crippen LogP contribution in [0.5, 0.6) is 5.75 Å². The summed E-state index contributed by atoms with van der Waals surface area (Å²) >= 11 is 0. The number of carbonyl (C=O) groups is 1. The number of halogens is 1. The van der Waals surface area contributed by atoms with Crippen molar-refractivity contribution in [1.29, 1.82) is 0 Å². The maximum Gasteiger partial charge on any atom is 0.255 e. The van der Waals surface area contributed by atoms with E-state index in [2.05, 4.69) is 25.8 Å². The number of aromatic amines is 1. The van der Waals surface area contributed by atoms with Crippen molar-refractivity contribution in [2.45, 2.75) is 13.2 Å². The summed E-state index contributed by atoms with van der Waals surface area (Å²) in [5, 5.41) is 13.2. The van der Waals surface area contributed by atoms with Gasteiger partial charge in [-0.15, -0.1) is 0 Å². The van der Waals surface area contributed by atoms with Gasteiger partial charge in [0.05, 0.1) is 5.75 Å². The number of carbonyl (C=O) groups excluding carboxylic acids is 1. The van der Waals surface area contributed by atoms with Gasteiger partial charge in [-0.3, -0.25) is 9.89 Å². The number of aromatic nitrogens is 3. The van der Waals surface area contributed by atoms with Crippen molar-refractivity contribution in [3.8, 4) is 28.5 Å². The average molecular weight is 586 g/mol. The number of nitrogens with one attached hydrogen (secondary N) is 3. The molecular weight excluding hydrogens is 557 g/mol. The van der Waals surface area contributed by atoms with E-state index in [9.17, 15) is 17.6 Å². The van der Waals surface area contributed by atoms with Crippen LogP contribution >= 0.6 is 0 Å². The Kier molecular flexibility index (Phi) is 9.32. The minimum Gasteiger partial charge on any atom is -0.486 e. The van der Waals surface area contributed by atoms with Crippen molar-refractivity contribution in [2.75, 3.05) is 17.6 Å². The number of thiol groups is 1. The van der Waals surface area contributed by atoms with E-state index < -0.39 is 16.5 Å². The first kappa shape index (κ1) is 28.7. The van der Waals surface area contributed by atoms with E-state index in [1.54, 1.807) is 48.5 Å². The Morgan fingerprint density at radius 1 is 0.881 bits per heavy atom. The summed E-state index contributed by atoms with van der Waals surface area (Å²) in [5.74, 6) is 0.735. The monoisotopic (exact) mass is 585 g/mol. The predicted molar refractivity (Wildman–Crippen MR) is 159 cm³/mol. The summed E-state index contributed by atoms with van der Waals surface area (Å²) in [6.07, 6.45) is 0. The summed E-state index contributed by atoms with van der Waals surface area (Å²) in [4.78, 5) is 17.4. The highest BCUT2D eigenvalue weighted by atomic mass is 32.2. The zero-order valence-electron chi connectivity index (χ0n) is 22.4. The molecule has 0 bridgehead atoms. The Morgan fingerprint density at radius 3 is 2.40 bits per heavy atom. The number of amides is 1. The van der Waals surface area contributed by atoms with Crippen LogP contribution in [-0.2, 0) is 23.9 Å². The van der Waals surface area contributed by atoms with E-state index in [4.69, 9.17) is 4.74 Å². The van der Waals surface area contributed by atoms with Crippen LogP contribution in [0, 0.1) is 5.82 Å². The van der Waals surface area contributed by atoms with Gasteiger partial charge in [-0.05, 0) is 59.7 Å². The first-order valence-electron chi connectivity index (χ1n) is 13.2. The number of hydrogen-bond donors (Lipinski definition) is 4. The molecule has 0 spiro atoms. The van der Waals surface area contributed by atoms with Crippen LogP contribution in [0.3, 0.4) is 0 Å². The molecule has 0 atom stereocenters. The fraction of sp³-hybridized carbons (Fsp3) is 0.129. The molecule has 5 aromatic rings. The second-order valence-corrected chi connectivity index (χ2v) is 10.5. The average Bonchev–Trinajstić information content (AvgIpc) is 3.50. The third kappa shape index (κ3) is 7.65. The van der Waals surface area contributed by atoms with Crippen LogP contribution in [0.15, 0.2) is 97.1 Å². The minimum absolute atomic E-state index is 0.0729. The molecule has 1 aromatic heterocycles. The molecule has 42 heavy (non-hydrogen) atoms. The minimum atomic E-state index is -2.41. The Hall–Kier alpha value is -4.87. The number of nitrogens with zero attached hydrogens (tertiary/aromatic N) is 2. The van der Waals surface area contributed by atoms with Crippen LogP contribution in [0.4, 0.5) is 10.1 Å². The van der Waals surface area contributed by atoms with E-state index in [1.165, 1.54) is 6.07 Å². The number of benzene rings is 4. The highest BCUT2D eigenvalue weighted by Gasteiger charge is 2.11. The van der Waals surface area contributed by atoms with E-state index in [0.717, 1.165) is 22.3 Å². The van der Waals surface area contributed by atoms with Gasteiger partial charge in [0.1, 0.15) is 17.3 Å². The molecule has 0 radical (unpaired) electrons. The molecule has 0 aliphatic heterocycles. The summed E-state index contributed by atoms with van der Waals surface area (Å²) in [5.41, 5.74) is 4.50. The van der Waals surface area contributed by atoms with Gasteiger partial charge in [0.25, 0.3) is 5.91 Å². The van der Waals surface area contributed by atoms with Gasteiger partial charge in [-0.25, -0.2) is 17.8 Å². The topological polar surface area (TPSA) is 126 Å². The van der Waals surface area contributed by atoms with Gasteiger partial charge in [-0.1, -0.05) is 48.5 Å². The molecule has 5 rings (SSSR count). The Bertz CT molecular complexity index is 1730. The lowest BCUT2D eigenvalue weighted by atomic mass is 10.1. The maximum absolute atomic E-state index is 13.8. The Labute approximate surface area is 243 Å². The molecule has 0 unspecified atom stereocenters. The van der Waals surface area contributed by atoms with Crippen LogP contribution in [0.1, 0.15) is 21.5 Å². The van der Waals surface area contributed by atoms with Crippen molar-refractivity contribution in [2.24, 2.45) is 0 Å². The highest BCUT2D eigenvalue weighted by Crippen LogP contribution is 2.23. The lowest BCUT2D eigenvalue weighted by Gasteiger charge is -2.08. The molecule has 0 fully saturated rings. The molecule has 0 aliphatic carbocycles. The van der Waals surface area contributed by atoms with Crippen molar-refractivity contribution in [1.82, 2.24) is 20.5 Å². The second-order valence-electron chi connectivity index (χ2n) is 9.39. The molecule has 0 aliphatic rings. The summed E-state index contributed by atoms with van der Waals surface area (Å²) in [7, 11) is -2.41. The number of ether oxygens (including phenoxy) is 1. The molecule has 1 amide bonds. The van der Waals surface area contributed by atoms with Gasteiger partial charge in [0.2, 0.25) is 0 Å². The molecule has 4 aromatic carbocycles. The fourth-order valence-electron chi connectivity index (χ4n) is 4.13. The molecule has 0 saturated carbocycles. The van der Waals surface area contributed by atoms with Crippen molar-refractivity contribution in [3.63, 3.8) is 0 Å². The largest absolute Gasteiger partial charge is 0.486 e. The third-order valence-electron chi connectivity index (χ3n) is 6.33. The maximum atomic E-state index is 13.8. The quantitative estimate of drug-likeness (QED) is 0.122. The molecule has 1 heterocycles. The predicted octanol–water partition coefficient (Wildman–Crippen LogP) is 4.81. The standard InChI is InChI=1S/C31H28FN5O4S/c32-27-6-1-2-7-28(27)41-20-21-8-10-23(11-9-21)29-35-30(37-36-29)24-12-14-26(15-13-24)34-31(38)25-5-3-4-22(18-25)19-33-16-17-42(39)40/h1-15,18,33,42H,16-17,19-20H2,(H,34,38)(H,35,36,37). The Morgan fingerprint density at radius 2 is 1.64 bits per heavy atom. The van der Waals surface area contributed by atoms with Crippen LogP contribution in [-0.4, -0.2) is 41.8 Å². The third-order valence-corrected chi connectivity index (χ3v) is 6.92. The first-order valence-corrected chi connectivity index (χ1v) is 14.5. The number of anilines is 1. The van der Waals surface area contributed by atoms with Crippen LogP contribution in [0.25, 0.3) is 22.8 Å². The van der Waals surface area contributed by atoms with Crippen LogP contribution < -0.4 is 15.4 Å². The summed E-state index contributed by atoms with van der Waals surface area (Å²) in [6.45, 7) is 1.06. The number of para-hydroxylation sites is 1. The van der Waals surface area contributed by atoms with Crippen molar-refractivity contribution in [3.05, 3.63) is 120 Å². The fourth-order valence-corrected chi connectivity index (χ4v) is 4.47. The Balaban J connectivity index is 1.16. The van der Waals surface area contributed by atoms with Gasteiger partial charge >= 0.3 is 0 Å². The SMILES string of the molecule is O=C(Nc1ccc(-c2nc(-c3ccc(COc4ccccc4F)cc3)n[nH]2)cc1)c1cccc(CNCC[SH](=O)=O)c1. The van der Waals surface area contributed by atoms with Gasteiger partial charge in [0, 0.05) is 35.5 Å². The molecule has 9 nitrogen and oxygen atoms in total. The van der Waals surface area contributed by atoms with E-state index in [0.29, 0.717) is 36.0 Å². The smallest absolute Gasteiger partial charge is 0.255 e. The number of H-pyrrole nitrogens is 1. The lowest BCUT2D eigenvalue weighted by molar-refractivity contribution is 0.102. The van der Waals surface area contributed by atoms with Crippen molar-refractivity contribution >= 4 is 22.3 Å². The van der Waals surface area contributed by atoms with Crippen LogP contribution in [0.2, 0.25) is 0 Å². The second kappa shape index (κ2) is 13.7. The summed E-state index contributed by atoms with van der Waals surface area (Å²) < 4.78 is 40.7. The zero-order chi connectivity index (χ0) is 29.3. The van der Waals surface area contributed by atoms with E-state index >= 15 is 0 Å². The highest BCUT2D eigenvalue weighted by molar-refractivity contribution is 7.72. The van der Waals surface area contributed by atoms with Crippen molar-refractivity contribution < 1.29 is 22.3 Å². The molecule has 0 saturated heterocycles. The zero-order valence-corrected chi connectivity index (χ0v) is 23.3. The van der Waals surface area contributed by atoms with Gasteiger partial charge in [-0.2, -0.15) is 5.10 Å². The molecule has 11 heteroatoms. The molecular formula is C31H28FN5O4S. The normalized spacial score (nSPS) is 11.0. The lowest BCUT2D eigenvalue weighted by Crippen LogP contribution is -2.19. The first-order chi connectivity index (χ1) is 20.4. The van der Waals surface area contributed by atoms with E-state index in [-0.39, 0.29) is 24.0 Å². The molecule has 214 valence electrons. The van der Waals surface area contributed by atoms with E-state index in [1.807, 2.05) is 42.5 Å². The van der Waals surface area contributed by atoms with Gasteiger partial charge in [0.15, 0.2) is 23.2 Å². The number of hydrogen-bond acceptors (Lipinski definition) is 7. The number of rotatable bonds is 12.